The minimum absolute atomic E-state index is 0.984. The summed E-state index contributed by atoms with van der Waals surface area (Å²) in [5, 5.41) is 6.41. The number of fused-ring (bicyclic) bond motifs is 1. The Balaban J connectivity index is 2.26. The second-order valence-electron chi connectivity index (χ2n) is 4.93. The van der Waals surface area contributed by atoms with Crippen molar-refractivity contribution >= 4 is 22.6 Å². The van der Waals surface area contributed by atoms with Gasteiger partial charge >= 0.3 is 0 Å². The van der Waals surface area contributed by atoms with Crippen LogP contribution in [0.15, 0.2) is 59.3 Å². The molecule has 0 bridgehead atoms. The van der Waals surface area contributed by atoms with E-state index < -0.39 is 0 Å². The van der Waals surface area contributed by atoms with Gasteiger partial charge in [0.15, 0.2) is 0 Å². The summed E-state index contributed by atoms with van der Waals surface area (Å²) < 4.78 is 0. The zero-order chi connectivity index (χ0) is 13.9. The molecule has 0 heterocycles. The molecule has 2 aromatic rings. The average Bonchev–Trinajstić information content (AvgIpc) is 2.90. The molecule has 0 radical (unpaired) electrons. The molecule has 0 atom stereocenters. The molecular formula is C18H17NO. The molecule has 0 amide bonds. The van der Waals surface area contributed by atoms with E-state index in [0.717, 1.165) is 12.0 Å². The van der Waals surface area contributed by atoms with Crippen LogP contribution in [0.2, 0.25) is 0 Å². The fraction of sp³-hybridized carbons (Fsp3) is 0.167. The van der Waals surface area contributed by atoms with Gasteiger partial charge in [0, 0.05) is 5.56 Å². The Hall–Kier alpha value is -2.35. The first-order valence-corrected chi connectivity index (χ1v) is 6.76. The van der Waals surface area contributed by atoms with Crippen molar-refractivity contribution in [2.45, 2.75) is 13.3 Å². The normalized spacial score (nSPS) is 14.7. The van der Waals surface area contributed by atoms with E-state index in [1.807, 2.05) is 6.21 Å². The van der Waals surface area contributed by atoms with E-state index in [1.165, 1.54) is 27.5 Å². The van der Waals surface area contributed by atoms with Gasteiger partial charge in [0.2, 0.25) is 0 Å². The van der Waals surface area contributed by atoms with Crippen LogP contribution in [0.3, 0.4) is 0 Å². The highest BCUT2D eigenvalue weighted by atomic mass is 16.6. The third kappa shape index (κ3) is 2.14. The molecule has 2 nitrogen and oxygen atoms in total. The monoisotopic (exact) mass is 263 g/mol. The number of oxime groups is 1. The lowest BCUT2D eigenvalue weighted by atomic mass is 9.92. The Morgan fingerprint density at radius 1 is 1.15 bits per heavy atom. The van der Waals surface area contributed by atoms with Crippen LogP contribution in [0, 0.1) is 0 Å². The van der Waals surface area contributed by atoms with Crippen molar-refractivity contribution in [2.75, 3.05) is 7.11 Å². The maximum absolute atomic E-state index is 4.88. The Morgan fingerprint density at radius 2 is 2.00 bits per heavy atom. The highest BCUT2D eigenvalue weighted by molar-refractivity contribution is 6.04. The molecular weight excluding hydrogens is 246 g/mol. The first kappa shape index (κ1) is 12.7. The Morgan fingerprint density at radius 3 is 2.75 bits per heavy atom. The number of hydrogen-bond donors (Lipinski definition) is 0. The fourth-order valence-corrected chi connectivity index (χ4v) is 2.74. The highest BCUT2D eigenvalue weighted by Crippen LogP contribution is 2.33. The van der Waals surface area contributed by atoms with E-state index >= 15 is 0 Å². The molecule has 20 heavy (non-hydrogen) atoms. The minimum Gasteiger partial charge on any atom is -0.399 e. The fourth-order valence-electron chi connectivity index (χ4n) is 2.74. The van der Waals surface area contributed by atoms with Crippen LogP contribution >= 0.6 is 0 Å². The molecule has 1 aliphatic carbocycles. The smallest absolute Gasteiger partial charge is 0.106 e. The van der Waals surface area contributed by atoms with Crippen molar-refractivity contribution in [3.8, 4) is 0 Å². The van der Waals surface area contributed by atoms with Gasteiger partial charge in [0.05, 0.1) is 6.21 Å². The number of allylic oxidation sites excluding steroid dienone is 4. The summed E-state index contributed by atoms with van der Waals surface area (Å²) in [6.45, 7) is 2.16. The zero-order valence-corrected chi connectivity index (χ0v) is 11.8. The van der Waals surface area contributed by atoms with Crippen molar-refractivity contribution in [1.29, 1.82) is 0 Å². The Kier molecular flexibility index (Phi) is 3.38. The van der Waals surface area contributed by atoms with E-state index in [4.69, 9.17) is 4.84 Å². The summed E-state index contributed by atoms with van der Waals surface area (Å²) in [5.41, 5.74) is 5.07. The summed E-state index contributed by atoms with van der Waals surface area (Å²) in [7, 11) is 1.57. The van der Waals surface area contributed by atoms with E-state index in [0.29, 0.717) is 0 Å². The first-order chi connectivity index (χ1) is 9.81. The SMILES string of the molecule is CON=Cc1c(C2=C(C)C=CC2)ccc2ccccc12. The molecule has 0 spiro atoms. The van der Waals surface area contributed by atoms with Crippen molar-refractivity contribution in [3.05, 3.63) is 65.3 Å². The molecule has 2 aromatic carbocycles. The summed E-state index contributed by atoms with van der Waals surface area (Å²) in [6.07, 6.45) is 7.19. The highest BCUT2D eigenvalue weighted by Gasteiger charge is 2.13. The van der Waals surface area contributed by atoms with Gasteiger partial charge in [-0.05, 0) is 40.8 Å². The molecule has 0 unspecified atom stereocenters. The Labute approximate surface area is 119 Å². The van der Waals surface area contributed by atoms with Crippen LogP contribution in [0.4, 0.5) is 0 Å². The van der Waals surface area contributed by atoms with Gasteiger partial charge in [-0.1, -0.05) is 53.7 Å². The van der Waals surface area contributed by atoms with Gasteiger partial charge < -0.3 is 4.84 Å². The lowest BCUT2D eigenvalue weighted by molar-refractivity contribution is 0.215. The van der Waals surface area contributed by atoms with E-state index in [1.54, 1.807) is 7.11 Å². The molecule has 3 rings (SSSR count). The van der Waals surface area contributed by atoms with E-state index in [2.05, 4.69) is 60.6 Å². The van der Waals surface area contributed by atoms with Gasteiger partial charge in [-0.2, -0.15) is 0 Å². The summed E-state index contributed by atoms with van der Waals surface area (Å²) in [4.78, 5) is 4.88. The first-order valence-electron chi connectivity index (χ1n) is 6.76. The predicted octanol–water partition coefficient (Wildman–Crippen LogP) is 4.55. The van der Waals surface area contributed by atoms with Crippen LogP contribution in [0.1, 0.15) is 24.5 Å². The second kappa shape index (κ2) is 5.33. The zero-order valence-electron chi connectivity index (χ0n) is 11.8. The van der Waals surface area contributed by atoms with Crippen molar-refractivity contribution < 1.29 is 4.84 Å². The molecule has 2 heteroatoms. The molecule has 1 aliphatic rings. The summed E-state index contributed by atoms with van der Waals surface area (Å²) in [5.74, 6) is 0. The summed E-state index contributed by atoms with van der Waals surface area (Å²) in [6, 6.07) is 12.7. The molecule has 0 saturated heterocycles. The Bertz CT molecular complexity index is 738. The maximum atomic E-state index is 4.88. The molecule has 0 fully saturated rings. The van der Waals surface area contributed by atoms with Crippen molar-refractivity contribution in [2.24, 2.45) is 5.16 Å². The number of benzene rings is 2. The molecule has 0 aliphatic heterocycles. The lowest BCUT2D eigenvalue weighted by Gasteiger charge is -2.12. The molecule has 0 saturated carbocycles. The van der Waals surface area contributed by atoms with Gasteiger partial charge in [-0.25, -0.2) is 0 Å². The maximum Gasteiger partial charge on any atom is 0.106 e. The minimum atomic E-state index is 0.984. The molecule has 0 N–H and O–H groups in total. The van der Waals surface area contributed by atoms with E-state index in [-0.39, 0.29) is 0 Å². The third-order valence-corrected chi connectivity index (χ3v) is 3.75. The number of nitrogens with zero attached hydrogens (tertiary/aromatic N) is 1. The van der Waals surface area contributed by atoms with E-state index in [9.17, 15) is 0 Å². The van der Waals surface area contributed by atoms with Gasteiger partial charge in [-0.15, -0.1) is 0 Å². The van der Waals surface area contributed by atoms with Gasteiger partial charge in [0.1, 0.15) is 7.11 Å². The predicted molar refractivity (Wildman–Crippen MR) is 84.9 cm³/mol. The van der Waals surface area contributed by atoms with Crippen LogP contribution in [-0.2, 0) is 4.84 Å². The van der Waals surface area contributed by atoms with Gasteiger partial charge in [0.25, 0.3) is 0 Å². The second-order valence-corrected chi connectivity index (χ2v) is 4.93. The molecule has 0 aromatic heterocycles. The summed E-state index contributed by atoms with van der Waals surface area (Å²) >= 11 is 0. The number of hydrogen-bond acceptors (Lipinski definition) is 2. The van der Waals surface area contributed by atoms with Crippen molar-refractivity contribution in [3.63, 3.8) is 0 Å². The largest absolute Gasteiger partial charge is 0.399 e. The van der Waals surface area contributed by atoms with Crippen LogP contribution in [-0.4, -0.2) is 13.3 Å². The standard InChI is InChI=1S/C18H17NO/c1-13-6-5-9-15(13)17-11-10-14-7-3-4-8-16(14)18(17)12-19-20-2/h3-8,10-12H,9H2,1-2H3. The van der Waals surface area contributed by atoms with Crippen LogP contribution in [0.5, 0.6) is 0 Å². The van der Waals surface area contributed by atoms with Crippen LogP contribution < -0.4 is 0 Å². The quantitative estimate of drug-likeness (QED) is 0.588. The third-order valence-electron chi connectivity index (χ3n) is 3.75. The average molecular weight is 263 g/mol. The number of rotatable bonds is 3. The van der Waals surface area contributed by atoms with Gasteiger partial charge in [-0.3, -0.25) is 0 Å². The van der Waals surface area contributed by atoms with Crippen LogP contribution in [0.25, 0.3) is 16.3 Å². The van der Waals surface area contributed by atoms with Crippen molar-refractivity contribution in [1.82, 2.24) is 0 Å². The topological polar surface area (TPSA) is 21.6 Å². The lowest BCUT2D eigenvalue weighted by Crippen LogP contribution is -1.95. The molecule has 100 valence electrons.